The van der Waals surface area contributed by atoms with Gasteiger partial charge in [0.1, 0.15) is 11.9 Å². The Hall–Kier alpha value is -3.32. The third-order valence-corrected chi connectivity index (χ3v) is 5.29. The van der Waals surface area contributed by atoms with Crippen molar-refractivity contribution in [2.24, 2.45) is 0 Å². The van der Waals surface area contributed by atoms with Crippen molar-refractivity contribution in [3.63, 3.8) is 0 Å². The minimum atomic E-state index is -0.261. The smallest absolute Gasteiger partial charge is 0.278 e. The summed E-state index contributed by atoms with van der Waals surface area (Å²) in [7, 11) is 0. The highest BCUT2D eigenvalue weighted by atomic mass is 19.1. The van der Waals surface area contributed by atoms with Crippen LogP contribution in [0.1, 0.15) is 28.5 Å². The SMILES string of the molecule is Cc1ccc(-c2noc(-c3cc4n(n3)CC(c3ccc(F)cc3)OC4)n2)cc1C. The Morgan fingerprint density at radius 3 is 2.66 bits per heavy atom. The van der Waals surface area contributed by atoms with Gasteiger partial charge < -0.3 is 9.26 Å². The van der Waals surface area contributed by atoms with Gasteiger partial charge in [-0.1, -0.05) is 29.4 Å². The zero-order valence-electron chi connectivity index (χ0n) is 16.1. The van der Waals surface area contributed by atoms with Crippen molar-refractivity contribution in [3.8, 4) is 23.0 Å². The van der Waals surface area contributed by atoms with Crippen LogP contribution in [0.15, 0.2) is 53.1 Å². The van der Waals surface area contributed by atoms with E-state index in [0.717, 1.165) is 16.8 Å². The molecule has 0 fully saturated rings. The number of rotatable bonds is 3. The van der Waals surface area contributed by atoms with E-state index in [1.165, 1.54) is 23.3 Å². The van der Waals surface area contributed by atoms with Gasteiger partial charge in [-0.15, -0.1) is 0 Å². The third-order valence-electron chi connectivity index (χ3n) is 5.29. The van der Waals surface area contributed by atoms with E-state index >= 15 is 0 Å². The summed E-state index contributed by atoms with van der Waals surface area (Å²) < 4.78 is 26.4. The first-order chi connectivity index (χ1) is 14.1. The number of aryl methyl sites for hydroxylation is 2. The van der Waals surface area contributed by atoms with Gasteiger partial charge in [-0.2, -0.15) is 10.1 Å². The summed E-state index contributed by atoms with van der Waals surface area (Å²) in [6.45, 7) is 5.07. The fourth-order valence-electron chi connectivity index (χ4n) is 3.43. The first-order valence-corrected chi connectivity index (χ1v) is 9.42. The molecule has 3 heterocycles. The van der Waals surface area contributed by atoms with Crippen molar-refractivity contribution in [1.29, 1.82) is 0 Å². The maximum Gasteiger partial charge on any atom is 0.278 e. The Morgan fingerprint density at radius 1 is 1.03 bits per heavy atom. The largest absolute Gasteiger partial charge is 0.365 e. The van der Waals surface area contributed by atoms with E-state index in [-0.39, 0.29) is 11.9 Å². The minimum Gasteiger partial charge on any atom is -0.365 e. The lowest BCUT2D eigenvalue weighted by molar-refractivity contribution is -0.00116. The molecule has 0 aliphatic carbocycles. The molecule has 0 saturated heterocycles. The highest BCUT2D eigenvalue weighted by Gasteiger charge is 2.24. The van der Waals surface area contributed by atoms with Crippen LogP contribution in [0, 0.1) is 19.7 Å². The summed E-state index contributed by atoms with van der Waals surface area (Å²) >= 11 is 0. The Morgan fingerprint density at radius 2 is 1.86 bits per heavy atom. The zero-order chi connectivity index (χ0) is 20.0. The molecule has 6 nitrogen and oxygen atoms in total. The Kier molecular flexibility index (Phi) is 4.24. The monoisotopic (exact) mass is 390 g/mol. The van der Waals surface area contributed by atoms with Crippen LogP contribution in [0.4, 0.5) is 4.39 Å². The average molecular weight is 390 g/mol. The molecule has 2 aromatic carbocycles. The minimum absolute atomic E-state index is 0.176. The van der Waals surface area contributed by atoms with Gasteiger partial charge in [0, 0.05) is 5.56 Å². The molecule has 4 aromatic rings. The van der Waals surface area contributed by atoms with E-state index in [9.17, 15) is 4.39 Å². The molecule has 0 spiro atoms. The molecule has 7 heteroatoms. The van der Waals surface area contributed by atoms with Crippen LogP contribution in [0.5, 0.6) is 0 Å². The lowest BCUT2D eigenvalue weighted by atomic mass is 10.1. The van der Waals surface area contributed by atoms with E-state index in [1.807, 2.05) is 28.9 Å². The molecular weight excluding hydrogens is 371 g/mol. The van der Waals surface area contributed by atoms with Crippen LogP contribution >= 0.6 is 0 Å². The number of hydrogen-bond donors (Lipinski definition) is 0. The normalized spacial score (nSPS) is 16.0. The van der Waals surface area contributed by atoms with Crippen LogP contribution in [-0.4, -0.2) is 19.9 Å². The molecule has 1 aliphatic heterocycles. The topological polar surface area (TPSA) is 66.0 Å². The number of nitrogens with zero attached hydrogens (tertiary/aromatic N) is 4. The van der Waals surface area contributed by atoms with Crippen molar-refractivity contribution in [2.45, 2.75) is 33.1 Å². The first-order valence-electron chi connectivity index (χ1n) is 9.42. The van der Waals surface area contributed by atoms with E-state index in [2.05, 4.69) is 29.1 Å². The molecular formula is C22H19FN4O2. The quantitative estimate of drug-likeness (QED) is 0.510. The highest BCUT2D eigenvalue weighted by molar-refractivity contribution is 5.59. The second kappa shape index (κ2) is 6.93. The van der Waals surface area contributed by atoms with Gasteiger partial charge in [0.2, 0.25) is 5.82 Å². The van der Waals surface area contributed by atoms with Crippen LogP contribution in [0.3, 0.4) is 0 Å². The molecule has 0 amide bonds. The van der Waals surface area contributed by atoms with E-state index in [4.69, 9.17) is 9.26 Å². The second-order valence-corrected chi connectivity index (χ2v) is 7.28. The summed E-state index contributed by atoms with van der Waals surface area (Å²) in [5, 5.41) is 8.73. The molecule has 29 heavy (non-hydrogen) atoms. The molecule has 0 radical (unpaired) electrons. The Labute approximate surface area is 166 Å². The van der Waals surface area contributed by atoms with Crippen molar-refractivity contribution in [2.75, 3.05) is 0 Å². The standard InChI is InChI=1S/C22H19FN4O2/c1-13-3-4-16(9-14(13)2)21-24-22(29-26-21)19-10-18-12-28-20(11-27(18)25-19)15-5-7-17(23)8-6-15/h3-10,20H,11-12H2,1-2H3. The molecule has 0 bridgehead atoms. The van der Waals surface area contributed by atoms with Gasteiger partial charge in [-0.25, -0.2) is 4.39 Å². The number of hydrogen-bond acceptors (Lipinski definition) is 5. The Balaban J connectivity index is 1.40. The van der Waals surface area contributed by atoms with E-state index in [1.54, 1.807) is 12.1 Å². The number of benzene rings is 2. The molecule has 0 N–H and O–H groups in total. The number of halogens is 1. The van der Waals surface area contributed by atoms with Gasteiger partial charge in [0.15, 0.2) is 5.69 Å². The van der Waals surface area contributed by atoms with Gasteiger partial charge in [-0.05, 0) is 54.8 Å². The average Bonchev–Trinajstić information content (AvgIpc) is 3.37. The van der Waals surface area contributed by atoms with Gasteiger partial charge in [0.25, 0.3) is 5.89 Å². The molecule has 1 aliphatic rings. The molecule has 146 valence electrons. The summed E-state index contributed by atoms with van der Waals surface area (Å²) in [5.41, 5.74) is 5.77. The molecule has 2 aromatic heterocycles. The van der Waals surface area contributed by atoms with Crippen LogP contribution in [-0.2, 0) is 17.9 Å². The third kappa shape index (κ3) is 3.34. The lowest BCUT2D eigenvalue weighted by Gasteiger charge is -2.24. The van der Waals surface area contributed by atoms with Crippen molar-refractivity contribution < 1.29 is 13.7 Å². The predicted octanol–water partition coefficient (Wildman–Crippen LogP) is 4.63. The van der Waals surface area contributed by atoms with Gasteiger partial charge >= 0.3 is 0 Å². The van der Waals surface area contributed by atoms with Crippen molar-refractivity contribution in [3.05, 3.63) is 76.7 Å². The lowest BCUT2D eigenvalue weighted by Crippen LogP contribution is -2.21. The fraction of sp³-hybridized carbons (Fsp3) is 0.227. The predicted molar refractivity (Wildman–Crippen MR) is 104 cm³/mol. The number of aromatic nitrogens is 4. The maximum atomic E-state index is 13.2. The summed E-state index contributed by atoms with van der Waals surface area (Å²) in [4.78, 5) is 4.52. The summed E-state index contributed by atoms with van der Waals surface area (Å²) in [5.74, 6) is 0.649. The number of ether oxygens (including phenoxy) is 1. The number of fused-ring (bicyclic) bond motifs is 1. The van der Waals surface area contributed by atoms with Crippen LogP contribution in [0.2, 0.25) is 0 Å². The van der Waals surface area contributed by atoms with E-state index < -0.39 is 0 Å². The summed E-state index contributed by atoms with van der Waals surface area (Å²) in [6, 6.07) is 14.3. The molecule has 1 unspecified atom stereocenters. The maximum absolute atomic E-state index is 13.2. The van der Waals surface area contributed by atoms with Crippen LogP contribution < -0.4 is 0 Å². The highest BCUT2D eigenvalue weighted by Crippen LogP contribution is 2.29. The van der Waals surface area contributed by atoms with Crippen molar-refractivity contribution >= 4 is 0 Å². The first kappa shape index (κ1) is 17.8. The molecule has 1 atom stereocenters. The molecule has 5 rings (SSSR count). The zero-order valence-corrected chi connectivity index (χ0v) is 16.1. The second-order valence-electron chi connectivity index (χ2n) is 7.28. The van der Waals surface area contributed by atoms with Gasteiger partial charge in [-0.3, -0.25) is 4.68 Å². The van der Waals surface area contributed by atoms with Crippen molar-refractivity contribution in [1.82, 2.24) is 19.9 Å². The Bertz CT molecular complexity index is 1180. The van der Waals surface area contributed by atoms with Gasteiger partial charge in [0.05, 0.1) is 18.8 Å². The molecule has 0 saturated carbocycles. The summed E-state index contributed by atoms with van der Waals surface area (Å²) in [6.07, 6.45) is -0.176. The van der Waals surface area contributed by atoms with E-state index in [0.29, 0.717) is 30.6 Å². The van der Waals surface area contributed by atoms with Crippen LogP contribution in [0.25, 0.3) is 23.0 Å². The fourth-order valence-corrected chi connectivity index (χ4v) is 3.43.